The van der Waals surface area contributed by atoms with E-state index in [2.05, 4.69) is 0 Å². The molecule has 1 aliphatic rings. The van der Waals surface area contributed by atoms with Crippen LogP contribution in [0.2, 0.25) is 0 Å². The fourth-order valence-corrected chi connectivity index (χ4v) is 4.04. The molecule has 18 heavy (non-hydrogen) atoms. The van der Waals surface area contributed by atoms with Crippen molar-refractivity contribution in [2.75, 3.05) is 11.5 Å². The predicted molar refractivity (Wildman–Crippen MR) is 78.1 cm³/mol. The van der Waals surface area contributed by atoms with E-state index in [1.165, 1.54) is 32.1 Å². The first-order valence-corrected chi connectivity index (χ1v) is 8.23. The van der Waals surface area contributed by atoms with E-state index >= 15 is 0 Å². The van der Waals surface area contributed by atoms with Crippen LogP contribution in [0.4, 0.5) is 5.69 Å². The maximum Gasteiger partial charge on any atom is 0.0617 e. The Balaban J connectivity index is 1.90. The van der Waals surface area contributed by atoms with Crippen molar-refractivity contribution in [1.82, 2.24) is 0 Å². The summed E-state index contributed by atoms with van der Waals surface area (Å²) in [5, 5.41) is 0. The van der Waals surface area contributed by atoms with Crippen LogP contribution in [0.25, 0.3) is 0 Å². The molecule has 0 radical (unpaired) electrons. The summed E-state index contributed by atoms with van der Waals surface area (Å²) in [5.41, 5.74) is 7.74. The highest BCUT2D eigenvalue weighted by atomic mass is 32.2. The maximum absolute atomic E-state index is 12.3. The number of rotatable bonds is 4. The lowest BCUT2D eigenvalue weighted by Crippen LogP contribution is -2.11. The second-order valence-corrected chi connectivity index (χ2v) is 6.92. The smallest absolute Gasteiger partial charge is 0.0617 e. The van der Waals surface area contributed by atoms with Crippen LogP contribution < -0.4 is 5.73 Å². The van der Waals surface area contributed by atoms with E-state index in [9.17, 15) is 4.21 Å². The molecule has 2 N–H and O–H groups in total. The molecule has 1 aliphatic carbocycles. The zero-order valence-corrected chi connectivity index (χ0v) is 12.0. The largest absolute Gasteiger partial charge is 0.398 e. The zero-order valence-electron chi connectivity index (χ0n) is 11.2. The number of hydrogen-bond acceptors (Lipinski definition) is 2. The molecule has 0 saturated heterocycles. The minimum absolute atomic E-state index is 0.678. The minimum Gasteiger partial charge on any atom is -0.398 e. The molecule has 1 aromatic carbocycles. The Hall–Kier alpha value is -0.830. The quantitative estimate of drug-likeness (QED) is 0.844. The molecule has 0 spiro atoms. The molecular formula is C15H23NOS. The molecule has 1 fully saturated rings. The first-order chi connectivity index (χ1) is 8.66. The molecular weight excluding hydrogens is 242 g/mol. The van der Waals surface area contributed by atoms with Gasteiger partial charge in [0.15, 0.2) is 0 Å². The van der Waals surface area contributed by atoms with E-state index < -0.39 is 10.8 Å². The van der Waals surface area contributed by atoms with Gasteiger partial charge in [0.05, 0.1) is 15.7 Å². The number of aryl methyl sites for hydroxylation is 1. The number of anilines is 1. The summed E-state index contributed by atoms with van der Waals surface area (Å²) in [7, 11) is -0.930. The Bertz CT molecular complexity index is 425. The second kappa shape index (κ2) is 6.37. The first-order valence-electron chi connectivity index (χ1n) is 6.91. The highest BCUT2D eigenvalue weighted by molar-refractivity contribution is 7.85. The van der Waals surface area contributed by atoms with Crippen molar-refractivity contribution in [3.05, 3.63) is 23.8 Å². The standard InChI is InChI=1S/C15H23NOS/c1-12-7-8-15(14(16)11-12)18(17)10-9-13-5-3-2-4-6-13/h7-8,11,13H,2-6,9-10,16H2,1H3. The summed E-state index contributed by atoms with van der Waals surface area (Å²) in [4.78, 5) is 0.816. The lowest BCUT2D eigenvalue weighted by atomic mass is 9.88. The molecule has 0 aliphatic heterocycles. The van der Waals surface area contributed by atoms with Gasteiger partial charge in [0.25, 0.3) is 0 Å². The SMILES string of the molecule is Cc1ccc(S(=O)CCC2CCCCC2)c(N)c1. The third-order valence-electron chi connectivity index (χ3n) is 3.85. The average Bonchev–Trinajstić information content (AvgIpc) is 2.37. The second-order valence-electron chi connectivity index (χ2n) is 5.38. The summed E-state index contributed by atoms with van der Waals surface area (Å²) in [6.07, 6.45) is 7.81. The number of benzene rings is 1. The molecule has 0 bridgehead atoms. The van der Waals surface area contributed by atoms with Gasteiger partial charge in [-0.05, 0) is 37.0 Å². The lowest BCUT2D eigenvalue weighted by molar-refractivity contribution is 0.351. The summed E-state index contributed by atoms with van der Waals surface area (Å²) >= 11 is 0. The van der Waals surface area contributed by atoms with E-state index in [4.69, 9.17) is 5.73 Å². The Kier molecular flexibility index (Phi) is 4.81. The highest BCUT2D eigenvalue weighted by Crippen LogP contribution is 2.27. The third kappa shape index (κ3) is 3.58. The fourth-order valence-electron chi connectivity index (χ4n) is 2.73. The van der Waals surface area contributed by atoms with Crippen molar-refractivity contribution < 1.29 is 4.21 Å². The van der Waals surface area contributed by atoms with E-state index in [-0.39, 0.29) is 0 Å². The molecule has 1 aromatic rings. The number of hydrogen-bond donors (Lipinski definition) is 1. The Morgan fingerprint density at radius 3 is 2.67 bits per heavy atom. The van der Waals surface area contributed by atoms with E-state index in [1.807, 2.05) is 25.1 Å². The first kappa shape index (κ1) is 13.6. The van der Waals surface area contributed by atoms with E-state index in [0.29, 0.717) is 5.69 Å². The Morgan fingerprint density at radius 2 is 2.00 bits per heavy atom. The van der Waals surface area contributed by atoms with Gasteiger partial charge in [0.2, 0.25) is 0 Å². The average molecular weight is 265 g/mol. The molecule has 100 valence electrons. The lowest BCUT2D eigenvalue weighted by Gasteiger charge is -2.21. The van der Waals surface area contributed by atoms with Gasteiger partial charge in [-0.1, -0.05) is 38.2 Å². The summed E-state index contributed by atoms with van der Waals surface area (Å²) < 4.78 is 12.3. The highest BCUT2D eigenvalue weighted by Gasteiger charge is 2.15. The van der Waals surface area contributed by atoms with Crippen molar-refractivity contribution in [2.24, 2.45) is 5.92 Å². The van der Waals surface area contributed by atoms with Crippen LogP contribution in [0.1, 0.15) is 44.1 Å². The molecule has 1 saturated carbocycles. The van der Waals surface area contributed by atoms with Gasteiger partial charge in [-0.25, -0.2) is 0 Å². The third-order valence-corrected chi connectivity index (χ3v) is 5.32. The van der Waals surface area contributed by atoms with Gasteiger partial charge in [-0.3, -0.25) is 4.21 Å². The Labute approximate surface area is 112 Å². The van der Waals surface area contributed by atoms with Crippen molar-refractivity contribution in [3.63, 3.8) is 0 Å². The topological polar surface area (TPSA) is 43.1 Å². The number of nitrogens with two attached hydrogens (primary N) is 1. The Morgan fingerprint density at radius 1 is 1.28 bits per heavy atom. The molecule has 3 heteroatoms. The van der Waals surface area contributed by atoms with Gasteiger partial charge >= 0.3 is 0 Å². The monoisotopic (exact) mass is 265 g/mol. The van der Waals surface area contributed by atoms with Crippen LogP contribution in [0.15, 0.2) is 23.1 Å². The maximum atomic E-state index is 12.3. The number of nitrogen functional groups attached to an aromatic ring is 1. The molecule has 1 atom stereocenters. The van der Waals surface area contributed by atoms with Crippen LogP contribution in [-0.2, 0) is 10.8 Å². The predicted octanol–water partition coefficient (Wildman–Crippen LogP) is 3.66. The zero-order chi connectivity index (χ0) is 13.0. The van der Waals surface area contributed by atoms with Crippen LogP contribution >= 0.6 is 0 Å². The molecule has 0 aromatic heterocycles. The molecule has 1 unspecified atom stereocenters. The normalized spacial score (nSPS) is 18.7. The van der Waals surface area contributed by atoms with Crippen LogP contribution in [0, 0.1) is 12.8 Å². The van der Waals surface area contributed by atoms with Crippen LogP contribution in [-0.4, -0.2) is 9.96 Å². The van der Waals surface area contributed by atoms with Crippen molar-refractivity contribution >= 4 is 16.5 Å². The van der Waals surface area contributed by atoms with Gasteiger partial charge < -0.3 is 5.73 Å². The van der Waals surface area contributed by atoms with Gasteiger partial charge in [0.1, 0.15) is 0 Å². The van der Waals surface area contributed by atoms with Gasteiger partial charge in [0, 0.05) is 11.4 Å². The summed E-state index contributed by atoms with van der Waals surface area (Å²) in [5.74, 6) is 1.55. The van der Waals surface area contributed by atoms with Crippen molar-refractivity contribution in [1.29, 1.82) is 0 Å². The van der Waals surface area contributed by atoms with Gasteiger partial charge in [-0.15, -0.1) is 0 Å². The molecule has 2 rings (SSSR count). The molecule has 2 nitrogen and oxygen atoms in total. The van der Waals surface area contributed by atoms with Crippen LogP contribution in [0.5, 0.6) is 0 Å². The van der Waals surface area contributed by atoms with E-state index in [1.54, 1.807) is 0 Å². The van der Waals surface area contributed by atoms with Crippen molar-refractivity contribution in [2.45, 2.75) is 50.3 Å². The van der Waals surface area contributed by atoms with E-state index in [0.717, 1.165) is 28.6 Å². The fraction of sp³-hybridized carbons (Fsp3) is 0.600. The minimum atomic E-state index is -0.930. The van der Waals surface area contributed by atoms with Crippen molar-refractivity contribution in [3.8, 4) is 0 Å². The van der Waals surface area contributed by atoms with Crippen LogP contribution in [0.3, 0.4) is 0 Å². The summed E-state index contributed by atoms with van der Waals surface area (Å²) in [6, 6.07) is 5.82. The molecule has 0 amide bonds. The van der Waals surface area contributed by atoms with Gasteiger partial charge in [-0.2, -0.15) is 0 Å². The molecule has 0 heterocycles. The summed E-state index contributed by atoms with van der Waals surface area (Å²) in [6.45, 7) is 2.01.